The summed E-state index contributed by atoms with van der Waals surface area (Å²) in [6.45, 7) is 8.05. The normalized spacial score (nSPS) is 22.2. The van der Waals surface area contributed by atoms with Crippen molar-refractivity contribution < 1.29 is 14.7 Å². The SMILES string of the molecule is CC(C1CCCC1)N1N=C(CC(NC(=O)O)C(C)(C)C)CC1=O. The standard InChI is InChI=1S/C17H29N3O3/c1-11(12-7-5-6-8-12)20-15(21)10-13(19-20)9-14(17(2,3)4)18-16(22)23/h11-12,14,18H,5-10H2,1-4H3,(H,22,23). The topological polar surface area (TPSA) is 82.0 Å². The maximum atomic E-state index is 12.3. The number of nitrogens with zero attached hydrogens (tertiary/aromatic N) is 2. The molecule has 6 heteroatoms. The Labute approximate surface area is 138 Å². The third kappa shape index (κ3) is 4.45. The molecule has 1 heterocycles. The van der Waals surface area contributed by atoms with Gasteiger partial charge in [0.05, 0.1) is 18.2 Å². The molecular formula is C17H29N3O3. The summed E-state index contributed by atoms with van der Waals surface area (Å²) in [7, 11) is 0. The Hall–Kier alpha value is -1.59. The van der Waals surface area contributed by atoms with Crippen LogP contribution in [0.25, 0.3) is 0 Å². The minimum Gasteiger partial charge on any atom is -0.465 e. The fourth-order valence-electron chi connectivity index (χ4n) is 3.53. The van der Waals surface area contributed by atoms with Gasteiger partial charge in [-0.15, -0.1) is 0 Å². The third-order valence-corrected chi connectivity index (χ3v) is 5.11. The van der Waals surface area contributed by atoms with E-state index in [0.29, 0.717) is 18.8 Å². The molecule has 2 rings (SSSR count). The molecule has 0 bridgehead atoms. The van der Waals surface area contributed by atoms with E-state index in [1.54, 1.807) is 5.01 Å². The number of amides is 2. The molecular weight excluding hydrogens is 294 g/mol. The number of hydrogen-bond acceptors (Lipinski definition) is 3. The van der Waals surface area contributed by atoms with Gasteiger partial charge in [0.25, 0.3) is 0 Å². The molecule has 1 fully saturated rings. The second-order valence-corrected chi connectivity index (χ2v) is 7.94. The van der Waals surface area contributed by atoms with Crippen LogP contribution in [0.1, 0.15) is 66.2 Å². The predicted molar refractivity (Wildman–Crippen MR) is 89.3 cm³/mol. The van der Waals surface area contributed by atoms with Gasteiger partial charge in [-0.05, 0) is 31.1 Å². The zero-order chi connectivity index (χ0) is 17.2. The van der Waals surface area contributed by atoms with E-state index in [0.717, 1.165) is 5.71 Å². The fourth-order valence-corrected chi connectivity index (χ4v) is 3.53. The van der Waals surface area contributed by atoms with Gasteiger partial charge in [0.1, 0.15) is 0 Å². The monoisotopic (exact) mass is 323 g/mol. The molecule has 1 aliphatic heterocycles. The van der Waals surface area contributed by atoms with Gasteiger partial charge >= 0.3 is 6.09 Å². The van der Waals surface area contributed by atoms with E-state index < -0.39 is 6.09 Å². The summed E-state index contributed by atoms with van der Waals surface area (Å²) in [5.74, 6) is 0.583. The number of carbonyl (C=O) groups excluding carboxylic acids is 1. The summed E-state index contributed by atoms with van der Waals surface area (Å²) >= 11 is 0. The van der Waals surface area contributed by atoms with Crippen LogP contribution < -0.4 is 5.32 Å². The molecule has 2 amide bonds. The Bertz CT molecular complexity index is 490. The molecule has 0 spiro atoms. The van der Waals surface area contributed by atoms with Crippen LogP contribution in [0.2, 0.25) is 0 Å². The van der Waals surface area contributed by atoms with Crippen molar-refractivity contribution in [1.82, 2.24) is 10.3 Å². The highest BCUT2D eigenvalue weighted by Gasteiger charge is 2.36. The van der Waals surface area contributed by atoms with Crippen LogP contribution in [0.15, 0.2) is 5.10 Å². The van der Waals surface area contributed by atoms with E-state index >= 15 is 0 Å². The largest absolute Gasteiger partial charge is 0.465 e. The summed E-state index contributed by atoms with van der Waals surface area (Å²) in [5, 5.41) is 17.8. The van der Waals surface area contributed by atoms with Crippen molar-refractivity contribution in [3.63, 3.8) is 0 Å². The lowest BCUT2D eigenvalue weighted by Crippen LogP contribution is -2.44. The van der Waals surface area contributed by atoms with Crippen molar-refractivity contribution in [2.24, 2.45) is 16.4 Å². The van der Waals surface area contributed by atoms with Crippen LogP contribution in [-0.2, 0) is 4.79 Å². The van der Waals surface area contributed by atoms with Gasteiger partial charge in [-0.2, -0.15) is 5.10 Å². The first kappa shape index (κ1) is 17.8. The highest BCUT2D eigenvalue weighted by Crippen LogP contribution is 2.32. The zero-order valence-corrected chi connectivity index (χ0v) is 14.6. The number of hydrazone groups is 1. The van der Waals surface area contributed by atoms with E-state index in [4.69, 9.17) is 5.11 Å². The molecule has 1 saturated carbocycles. The number of carbonyl (C=O) groups is 2. The van der Waals surface area contributed by atoms with Crippen molar-refractivity contribution in [3.8, 4) is 0 Å². The summed E-state index contributed by atoms with van der Waals surface area (Å²) < 4.78 is 0. The van der Waals surface area contributed by atoms with E-state index in [9.17, 15) is 9.59 Å². The smallest absolute Gasteiger partial charge is 0.404 e. The Morgan fingerprint density at radius 3 is 2.52 bits per heavy atom. The molecule has 23 heavy (non-hydrogen) atoms. The molecule has 2 N–H and O–H groups in total. The third-order valence-electron chi connectivity index (χ3n) is 5.11. The molecule has 0 aromatic heterocycles. The van der Waals surface area contributed by atoms with Crippen LogP contribution >= 0.6 is 0 Å². The minimum atomic E-state index is -1.04. The Balaban J connectivity index is 2.05. The summed E-state index contributed by atoms with van der Waals surface area (Å²) in [5.41, 5.74) is 0.558. The first-order valence-electron chi connectivity index (χ1n) is 8.56. The zero-order valence-electron chi connectivity index (χ0n) is 14.6. The average Bonchev–Trinajstić information content (AvgIpc) is 3.05. The predicted octanol–water partition coefficient (Wildman–Crippen LogP) is 3.23. The molecule has 2 unspecified atom stereocenters. The average molecular weight is 323 g/mol. The van der Waals surface area contributed by atoms with Gasteiger partial charge in [-0.25, -0.2) is 9.80 Å². The summed E-state index contributed by atoms with van der Waals surface area (Å²) in [6, 6.07) is -0.115. The van der Waals surface area contributed by atoms with Crippen molar-refractivity contribution in [2.45, 2.75) is 78.3 Å². The van der Waals surface area contributed by atoms with Crippen LogP contribution in [0, 0.1) is 11.3 Å². The van der Waals surface area contributed by atoms with E-state index in [2.05, 4.69) is 17.3 Å². The van der Waals surface area contributed by atoms with E-state index in [1.165, 1.54) is 25.7 Å². The fraction of sp³-hybridized carbons (Fsp3) is 0.824. The van der Waals surface area contributed by atoms with Gasteiger partial charge in [0, 0.05) is 12.5 Å². The van der Waals surface area contributed by atoms with Crippen molar-refractivity contribution >= 4 is 17.7 Å². The number of nitrogens with one attached hydrogen (secondary N) is 1. The number of carboxylic acid groups (broad SMARTS) is 1. The second kappa shape index (κ2) is 6.89. The molecule has 2 aliphatic rings. The Morgan fingerprint density at radius 1 is 1.39 bits per heavy atom. The Morgan fingerprint density at radius 2 is 2.00 bits per heavy atom. The lowest BCUT2D eigenvalue weighted by Gasteiger charge is -2.30. The lowest BCUT2D eigenvalue weighted by molar-refractivity contribution is -0.131. The first-order chi connectivity index (χ1) is 10.7. The summed E-state index contributed by atoms with van der Waals surface area (Å²) in [6.07, 6.45) is 4.57. The van der Waals surface area contributed by atoms with Crippen molar-refractivity contribution in [3.05, 3.63) is 0 Å². The van der Waals surface area contributed by atoms with Crippen LogP contribution in [0.3, 0.4) is 0 Å². The molecule has 0 aromatic carbocycles. The molecule has 6 nitrogen and oxygen atoms in total. The van der Waals surface area contributed by atoms with Gasteiger partial charge in [-0.1, -0.05) is 33.6 Å². The highest BCUT2D eigenvalue weighted by molar-refractivity contribution is 6.05. The van der Waals surface area contributed by atoms with Crippen molar-refractivity contribution in [1.29, 1.82) is 0 Å². The Kier molecular flexibility index (Phi) is 5.32. The van der Waals surface area contributed by atoms with E-state index in [-0.39, 0.29) is 23.4 Å². The maximum Gasteiger partial charge on any atom is 0.404 e. The lowest BCUT2D eigenvalue weighted by atomic mass is 9.83. The van der Waals surface area contributed by atoms with Gasteiger partial charge in [0.15, 0.2) is 0 Å². The van der Waals surface area contributed by atoms with Crippen LogP contribution in [-0.4, -0.2) is 39.9 Å². The minimum absolute atomic E-state index is 0.0439. The van der Waals surface area contributed by atoms with Gasteiger partial charge in [0.2, 0.25) is 5.91 Å². The van der Waals surface area contributed by atoms with Crippen LogP contribution in [0.5, 0.6) is 0 Å². The molecule has 0 radical (unpaired) electrons. The molecule has 0 aromatic rings. The molecule has 130 valence electrons. The number of rotatable bonds is 5. The molecule has 1 aliphatic carbocycles. The van der Waals surface area contributed by atoms with Gasteiger partial charge in [-0.3, -0.25) is 4.79 Å². The van der Waals surface area contributed by atoms with Crippen molar-refractivity contribution in [2.75, 3.05) is 0 Å². The van der Waals surface area contributed by atoms with Crippen LogP contribution in [0.4, 0.5) is 4.79 Å². The quantitative estimate of drug-likeness (QED) is 0.815. The first-order valence-corrected chi connectivity index (χ1v) is 8.56. The highest BCUT2D eigenvalue weighted by atomic mass is 16.4. The molecule has 2 atom stereocenters. The van der Waals surface area contributed by atoms with Gasteiger partial charge < -0.3 is 10.4 Å². The number of hydrogen-bond donors (Lipinski definition) is 2. The summed E-state index contributed by atoms with van der Waals surface area (Å²) in [4.78, 5) is 23.3. The van der Waals surface area contributed by atoms with E-state index in [1.807, 2.05) is 20.8 Å². The second-order valence-electron chi connectivity index (χ2n) is 7.94. The molecule has 0 saturated heterocycles. The maximum absolute atomic E-state index is 12.3.